The molecule has 0 aliphatic carbocycles. The molecule has 1 aliphatic rings. The lowest BCUT2D eigenvalue weighted by molar-refractivity contribution is 0.483. The van der Waals surface area contributed by atoms with Crippen molar-refractivity contribution in [3.63, 3.8) is 0 Å². The minimum atomic E-state index is 0.511. The Morgan fingerprint density at radius 3 is 2.72 bits per heavy atom. The lowest BCUT2D eigenvalue weighted by Gasteiger charge is -2.31. The first-order valence-electron chi connectivity index (χ1n) is 6.15. The summed E-state index contributed by atoms with van der Waals surface area (Å²) in [5.41, 5.74) is 5.68. The summed E-state index contributed by atoms with van der Waals surface area (Å²) in [4.78, 5) is 18.2. The third-order valence-corrected chi connectivity index (χ3v) is 3.35. The van der Waals surface area contributed by atoms with Crippen molar-refractivity contribution in [2.45, 2.75) is 18.8 Å². The molecule has 0 saturated carbocycles. The van der Waals surface area contributed by atoms with Crippen molar-refractivity contribution in [2.24, 2.45) is 0 Å². The predicted octanol–water partition coefficient (Wildman–Crippen LogP) is 1.17. The Morgan fingerprint density at radius 2 is 2.06 bits per heavy atom. The van der Waals surface area contributed by atoms with Crippen molar-refractivity contribution >= 4 is 11.8 Å². The molecule has 0 atom stereocenters. The first-order valence-corrected chi connectivity index (χ1v) is 6.15. The molecule has 3 N–H and O–H groups in total. The second kappa shape index (κ2) is 4.64. The van der Waals surface area contributed by atoms with Crippen LogP contribution in [0.15, 0.2) is 24.7 Å². The summed E-state index contributed by atoms with van der Waals surface area (Å²) in [5, 5.41) is 0. The number of piperidine rings is 1. The zero-order chi connectivity index (χ0) is 12.4. The Bertz CT molecular complexity index is 501. The van der Waals surface area contributed by atoms with Crippen molar-refractivity contribution in [3.8, 4) is 0 Å². The highest BCUT2D eigenvalue weighted by atomic mass is 15.3. The third-order valence-electron chi connectivity index (χ3n) is 3.35. The lowest BCUT2D eigenvalue weighted by atomic mass is 9.96. The van der Waals surface area contributed by atoms with Crippen LogP contribution >= 0.6 is 0 Å². The Kier molecular flexibility index (Phi) is 2.84. The monoisotopic (exact) mass is 244 g/mol. The Balaban J connectivity index is 1.67. The highest BCUT2D eigenvalue weighted by Crippen LogP contribution is 2.27. The van der Waals surface area contributed by atoms with Gasteiger partial charge in [0.1, 0.15) is 11.6 Å². The maximum absolute atomic E-state index is 5.68. The van der Waals surface area contributed by atoms with E-state index in [0.717, 1.165) is 37.7 Å². The van der Waals surface area contributed by atoms with Crippen molar-refractivity contribution in [3.05, 3.63) is 30.5 Å². The Morgan fingerprint density at radius 1 is 1.22 bits per heavy atom. The van der Waals surface area contributed by atoms with Crippen molar-refractivity contribution in [1.29, 1.82) is 0 Å². The van der Waals surface area contributed by atoms with Crippen molar-refractivity contribution in [2.75, 3.05) is 23.7 Å². The number of anilines is 2. The number of nitrogen functional groups attached to an aromatic ring is 1. The van der Waals surface area contributed by atoms with Gasteiger partial charge in [-0.1, -0.05) is 0 Å². The van der Waals surface area contributed by atoms with Gasteiger partial charge in [0, 0.05) is 37.6 Å². The molecule has 1 aliphatic heterocycles. The largest absolute Gasteiger partial charge is 0.384 e. The molecule has 18 heavy (non-hydrogen) atoms. The molecule has 1 fully saturated rings. The maximum atomic E-state index is 5.68. The average Bonchev–Trinajstić information content (AvgIpc) is 2.93. The first-order chi connectivity index (χ1) is 8.83. The molecule has 0 radical (unpaired) electrons. The smallest absolute Gasteiger partial charge is 0.227 e. The highest BCUT2D eigenvalue weighted by Gasteiger charge is 2.23. The van der Waals surface area contributed by atoms with Crippen molar-refractivity contribution < 1.29 is 0 Å². The number of H-pyrrole nitrogens is 1. The van der Waals surface area contributed by atoms with E-state index in [1.54, 1.807) is 12.3 Å². The van der Waals surface area contributed by atoms with Gasteiger partial charge in [-0.05, 0) is 18.9 Å². The molecule has 94 valence electrons. The van der Waals surface area contributed by atoms with Crippen LogP contribution in [-0.2, 0) is 0 Å². The Hall–Kier alpha value is -2.11. The number of imidazole rings is 1. The van der Waals surface area contributed by atoms with Gasteiger partial charge in [0.2, 0.25) is 5.95 Å². The molecule has 2 aromatic heterocycles. The number of hydrogen-bond acceptors (Lipinski definition) is 5. The van der Waals surface area contributed by atoms with Gasteiger partial charge in [-0.2, -0.15) is 4.98 Å². The fourth-order valence-corrected chi connectivity index (χ4v) is 2.37. The number of hydrogen-bond donors (Lipinski definition) is 2. The third kappa shape index (κ3) is 2.13. The van der Waals surface area contributed by atoms with Gasteiger partial charge in [0.05, 0.1) is 0 Å². The second-order valence-electron chi connectivity index (χ2n) is 4.52. The van der Waals surface area contributed by atoms with Crippen LogP contribution in [0.3, 0.4) is 0 Å². The van der Waals surface area contributed by atoms with E-state index in [-0.39, 0.29) is 0 Å². The van der Waals surface area contributed by atoms with Gasteiger partial charge in [-0.3, -0.25) is 0 Å². The van der Waals surface area contributed by atoms with Gasteiger partial charge < -0.3 is 15.6 Å². The van der Waals surface area contributed by atoms with Crippen LogP contribution in [0, 0.1) is 0 Å². The molecule has 0 amide bonds. The van der Waals surface area contributed by atoms with E-state index in [1.807, 2.05) is 12.4 Å². The number of nitrogens with two attached hydrogens (primary N) is 1. The molecule has 2 aromatic rings. The van der Waals surface area contributed by atoms with E-state index in [0.29, 0.717) is 11.7 Å². The molecular formula is C12H16N6. The molecule has 6 heteroatoms. The normalized spacial score (nSPS) is 17.0. The van der Waals surface area contributed by atoms with Crippen LogP contribution < -0.4 is 10.6 Å². The topological polar surface area (TPSA) is 83.7 Å². The van der Waals surface area contributed by atoms with E-state index in [4.69, 9.17) is 5.73 Å². The fourth-order valence-electron chi connectivity index (χ4n) is 2.37. The van der Waals surface area contributed by atoms with E-state index in [1.165, 1.54) is 0 Å². The highest BCUT2D eigenvalue weighted by molar-refractivity contribution is 5.38. The van der Waals surface area contributed by atoms with Crippen LogP contribution in [0.4, 0.5) is 11.8 Å². The average molecular weight is 244 g/mol. The quantitative estimate of drug-likeness (QED) is 0.828. The van der Waals surface area contributed by atoms with Gasteiger partial charge in [0.25, 0.3) is 0 Å². The van der Waals surface area contributed by atoms with Gasteiger partial charge in [-0.25, -0.2) is 9.97 Å². The molecule has 1 saturated heterocycles. The number of aromatic nitrogens is 4. The van der Waals surface area contributed by atoms with Crippen LogP contribution in [0.2, 0.25) is 0 Å². The lowest BCUT2D eigenvalue weighted by Crippen LogP contribution is -2.34. The number of aromatic amines is 1. The first kappa shape index (κ1) is 11.0. The fraction of sp³-hybridized carbons (Fsp3) is 0.417. The summed E-state index contributed by atoms with van der Waals surface area (Å²) in [6.45, 7) is 1.88. The summed E-state index contributed by atoms with van der Waals surface area (Å²) >= 11 is 0. The second-order valence-corrected chi connectivity index (χ2v) is 4.52. The van der Waals surface area contributed by atoms with Gasteiger partial charge in [-0.15, -0.1) is 0 Å². The number of nitrogens with one attached hydrogen (secondary N) is 1. The van der Waals surface area contributed by atoms with Gasteiger partial charge in [0.15, 0.2) is 0 Å². The van der Waals surface area contributed by atoms with E-state index in [9.17, 15) is 0 Å². The minimum Gasteiger partial charge on any atom is -0.384 e. The van der Waals surface area contributed by atoms with Crippen LogP contribution in [-0.4, -0.2) is 33.0 Å². The molecule has 3 heterocycles. The molecular weight excluding hydrogens is 228 g/mol. The minimum absolute atomic E-state index is 0.511. The molecule has 0 bridgehead atoms. The molecule has 3 rings (SSSR count). The van der Waals surface area contributed by atoms with Crippen LogP contribution in [0.1, 0.15) is 24.6 Å². The molecule has 0 aromatic carbocycles. The van der Waals surface area contributed by atoms with Crippen LogP contribution in [0.25, 0.3) is 0 Å². The summed E-state index contributed by atoms with van der Waals surface area (Å²) < 4.78 is 0. The molecule has 6 nitrogen and oxygen atoms in total. The van der Waals surface area contributed by atoms with Crippen molar-refractivity contribution in [1.82, 2.24) is 19.9 Å². The number of rotatable bonds is 2. The Labute approximate surface area is 105 Å². The summed E-state index contributed by atoms with van der Waals surface area (Å²) in [6, 6.07) is 1.71. The van der Waals surface area contributed by atoms with E-state index >= 15 is 0 Å². The standard InChI is InChI=1S/C12H16N6/c13-10-1-4-16-12(17-10)18-7-2-9(3-8-18)11-14-5-6-15-11/h1,4-6,9H,2-3,7-8H2,(H,14,15)(H2,13,16,17). The van der Waals surface area contributed by atoms with Crippen LogP contribution in [0.5, 0.6) is 0 Å². The zero-order valence-corrected chi connectivity index (χ0v) is 10.1. The van der Waals surface area contributed by atoms with E-state index in [2.05, 4.69) is 24.8 Å². The molecule has 0 spiro atoms. The summed E-state index contributed by atoms with van der Waals surface area (Å²) in [7, 11) is 0. The van der Waals surface area contributed by atoms with E-state index < -0.39 is 0 Å². The number of nitrogens with zero attached hydrogens (tertiary/aromatic N) is 4. The zero-order valence-electron chi connectivity index (χ0n) is 10.1. The maximum Gasteiger partial charge on any atom is 0.227 e. The van der Waals surface area contributed by atoms with Gasteiger partial charge >= 0.3 is 0 Å². The predicted molar refractivity (Wildman–Crippen MR) is 69.2 cm³/mol. The summed E-state index contributed by atoms with van der Waals surface area (Å²) in [6.07, 6.45) is 7.51. The molecule has 0 unspecified atom stereocenters. The summed E-state index contributed by atoms with van der Waals surface area (Å²) in [5.74, 6) is 2.85. The SMILES string of the molecule is Nc1ccnc(N2CCC(c3ncc[nH]3)CC2)n1.